The second kappa shape index (κ2) is 4.63. The maximum Gasteiger partial charge on any atom is 0.260 e. The number of nitrogen functional groups attached to an aromatic ring is 1. The number of primary sulfonamides is 1. The quantitative estimate of drug-likeness (QED) is 0.823. The lowest BCUT2D eigenvalue weighted by molar-refractivity contribution is 0.454. The van der Waals surface area contributed by atoms with E-state index in [4.69, 9.17) is 15.3 Å². The Balaban J connectivity index is 2.45. The fourth-order valence-corrected chi connectivity index (χ4v) is 3.20. The van der Waals surface area contributed by atoms with Crippen molar-refractivity contribution in [2.45, 2.75) is 21.9 Å². The summed E-state index contributed by atoms with van der Waals surface area (Å²) in [4.78, 5) is 4.47. The van der Waals surface area contributed by atoms with E-state index in [1.54, 1.807) is 19.1 Å². The van der Waals surface area contributed by atoms with E-state index in [1.165, 1.54) is 12.3 Å². The molecule has 0 saturated carbocycles. The molecule has 4 N–H and O–H groups in total. The number of hydrogen-bond donors (Lipinski definition) is 2. The summed E-state index contributed by atoms with van der Waals surface area (Å²) < 4.78 is 28.1. The average Bonchev–Trinajstić information content (AvgIpc) is 2.65. The number of sulfonamides is 1. The second-order valence-electron chi connectivity index (χ2n) is 3.61. The summed E-state index contributed by atoms with van der Waals surface area (Å²) in [6.07, 6.45) is 1.48. The Morgan fingerprint density at radius 3 is 2.67 bits per heavy atom. The van der Waals surface area contributed by atoms with Gasteiger partial charge in [0.1, 0.15) is 6.26 Å². The lowest BCUT2D eigenvalue weighted by Gasteiger charge is -2.06. The van der Waals surface area contributed by atoms with Crippen LogP contribution in [0.3, 0.4) is 0 Å². The lowest BCUT2D eigenvalue weighted by Crippen LogP contribution is -2.13. The van der Waals surface area contributed by atoms with Crippen LogP contribution in [0.5, 0.6) is 0 Å². The van der Waals surface area contributed by atoms with Crippen molar-refractivity contribution in [1.29, 1.82) is 0 Å². The third-order valence-corrected chi connectivity index (χ3v) is 4.09. The van der Waals surface area contributed by atoms with Gasteiger partial charge in [-0.1, -0.05) is 0 Å². The maximum absolute atomic E-state index is 11.5. The molecule has 1 heterocycles. The number of oxazole rings is 1. The Hall–Kier alpha value is -1.51. The molecule has 0 atom stereocenters. The molecular weight excluding hydrogens is 274 g/mol. The van der Waals surface area contributed by atoms with Gasteiger partial charge in [0.15, 0.2) is 0 Å². The normalized spacial score (nSPS) is 11.7. The molecule has 0 fully saturated rings. The van der Waals surface area contributed by atoms with Gasteiger partial charge in [-0.15, -0.1) is 0 Å². The van der Waals surface area contributed by atoms with E-state index < -0.39 is 10.0 Å². The van der Waals surface area contributed by atoms with Crippen LogP contribution in [0.2, 0.25) is 0 Å². The number of nitrogens with two attached hydrogens (primary N) is 2. The molecule has 1 aromatic carbocycles. The third kappa shape index (κ3) is 2.84. The van der Waals surface area contributed by atoms with Crippen molar-refractivity contribution in [1.82, 2.24) is 4.98 Å². The molecule has 0 aliphatic carbocycles. The van der Waals surface area contributed by atoms with Crippen molar-refractivity contribution in [3.8, 4) is 0 Å². The van der Waals surface area contributed by atoms with Gasteiger partial charge in [0.25, 0.3) is 5.22 Å². The van der Waals surface area contributed by atoms with Crippen LogP contribution in [0.1, 0.15) is 5.69 Å². The standard InChI is InChI=1S/C10H11N3O3S2/c1-6-5-16-10(13-6)17-8-3-2-7(11)4-9(8)18(12,14)15/h2-5H,11H2,1H3,(H2,12,14,15). The van der Waals surface area contributed by atoms with Crippen LogP contribution in [-0.4, -0.2) is 13.4 Å². The maximum atomic E-state index is 11.5. The molecule has 6 nitrogen and oxygen atoms in total. The van der Waals surface area contributed by atoms with Gasteiger partial charge in [-0.25, -0.2) is 18.5 Å². The smallest absolute Gasteiger partial charge is 0.260 e. The molecule has 0 amide bonds. The molecular formula is C10H11N3O3S2. The van der Waals surface area contributed by atoms with Gasteiger partial charge in [0, 0.05) is 10.6 Å². The van der Waals surface area contributed by atoms with E-state index in [-0.39, 0.29) is 4.90 Å². The Morgan fingerprint density at radius 1 is 1.39 bits per heavy atom. The second-order valence-corrected chi connectivity index (χ2v) is 6.13. The molecule has 0 radical (unpaired) electrons. The molecule has 0 aliphatic rings. The van der Waals surface area contributed by atoms with Gasteiger partial charge in [0.05, 0.1) is 10.6 Å². The SMILES string of the molecule is Cc1coc(Sc2ccc(N)cc2S(N)(=O)=O)n1. The summed E-state index contributed by atoms with van der Waals surface area (Å²) in [5, 5.41) is 5.49. The Bertz CT molecular complexity index is 679. The van der Waals surface area contributed by atoms with Gasteiger partial charge in [0.2, 0.25) is 10.0 Å². The third-order valence-electron chi connectivity index (χ3n) is 2.07. The van der Waals surface area contributed by atoms with Crippen LogP contribution in [-0.2, 0) is 10.0 Å². The van der Waals surface area contributed by atoms with Crippen LogP contribution >= 0.6 is 11.8 Å². The summed E-state index contributed by atoms with van der Waals surface area (Å²) >= 11 is 1.08. The van der Waals surface area contributed by atoms with E-state index >= 15 is 0 Å². The summed E-state index contributed by atoms with van der Waals surface area (Å²) in [6, 6.07) is 4.47. The van der Waals surface area contributed by atoms with E-state index in [0.717, 1.165) is 11.8 Å². The van der Waals surface area contributed by atoms with Gasteiger partial charge in [-0.3, -0.25) is 0 Å². The highest BCUT2D eigenvalue weighted by atomic mass is 32.2. The van der Waals surface area contributed by atoms with Crippen LogP contribution in [0, 0.1) is 6.92 Å². The molecule has 2 aromatic rings. The fourth-order valence-electron chi connectivity index (χ4n) is 1.30. The van der Waals surface area contributed by atoms with Crippen molar-refractivity contribution < 1.29 is 12.8 Å². The number of hydrogen-bond acceptors (Lipinski definition) is 6. The predicted molar refractivity (Wildman–Crippen MR) is 67.6 cm³/mol. The van der Waals surface area contributed by atoms with Crippen LogP contribution in [0.15, 0.2) is 43.9 Å². The van der Waals surface area contributed by atoms with E-state index in [9.17, 15) is 8.42 Å². The largest absolute Gasteiger partial charge is 0.439 e. The van der Waals surface area contributed by atoms with Crippen LogP contribution < -0.4 is 10.9 Å². The summed E-state index contributed by atoms with van der Waals surface area (Å²) in [5.41, 5.74) is 6.59. The zero-order valence-corrected chi connectivity index (χ0v) is 11.1. The molecule has 96 valence electrons. The van der Waals surface area contributed by atoms with Crippen molar-refractivity contribution in [3.63, 3.8) is 0 Å². The molecule has 0 bridgehead atoms. The van der Waals surface area contributed by atoms with Crippen molar-refractivity contribution in [2.24, 2.45) is 5.14 Å². The molecule has 8 heteroatoms. The zero-order chi connectivity index (χ0) is 13.3. The van der Waals surface area contributed by atoms with E-state index in [0.29, 0.717) is 21.5 Å². The minimum atomic E-state index is -3.84. The van der Waals surface area contributed by atoms with E-state index in [2.05, 4.69) is 4.98 Å². The number of rotatable bonds is 3. The molecule has 0 saturated heterocycles. The first kappa shape index (κ1) is 12.9. The monoisotopic (exact) mass is 285 g/mol. The molecule has 0 spiro atoms. The molecule has 2 rings (SSSR count). The van der Waals surface area contributed by atoms with Crippen LogP contribution in [0.4, 0.5) is 5.69 Å². The number of benzene rings is 1. The summed E-state index contributed by atoms with van der Waals surface area (Å²) in [5.74, 6) is 0. The lowest BCUT2D eigenvalue weighted by atomic mass is 10.3. The highest BCUT2D eigenvalue weighted by Gasteiger charge is 2.17. The Kier molecular flexibility index (Phi) is 3.33. The topological polar surface area (TPSA) is 112 Å². The minimum Gasteiger partial charge on any atom is -0.439 e. The fraction of sp³-hybridized carbons (Fsp3) is 0.100. The van der Waals surface area contributed by atoms with Gasteiger partial charge in [-0.2, -0.15) is 0 Å². The number of aryl methyl sites for hydroxylation is 1. The van der Waals surface area contributed by atoms with Crippen molar-refractivity contribution in [3.05, 3.63) is 30.2 Å². The average molecular weight is 285 g/mol. The highest BCUT2D eigenvalue weighted by molar-refractivity contribution is 8.00. The highest BCUT2D eigenvalue weighted by Crippen LogP contribution is 2.32. The van der Waals surface area contributed by atoms with Crippen LogP contribution in [0.25, 0.3) is 0 Å². The van der Waals surface area contributed by atoms with Gasteiger partial charge >= 0.3 is 0 Å². The van der Waals surface area contributed by atoms with Gasteiger partial charge < -0.3 is 10.2 Å². The molecule has 18 heavy (non-hydrogen) atoms. The molecule has 0 unspecified atom stereocenters. The summed E-state index contributed by atoms with van der Waals surface area (Å²) in [6.45, 7) is 1.77. The summed E-state index contributed by atoms with van der Waals surface area (Å²) in [7, 11) is -3.84. The van der Waals surface area contributed by atoms with Gasteiger partial charge in [-0.05, 0) is 36.9 Å². The Morgan fingerprint density at radius 2 is 2.11 bits per heavy atom. The van der Waals surface area contributed by atoms with Crippen molar-refractivity contribution in [2.75, 3.05) is 5.73 Å². The minimum absolute atomic E-state index is 0.0386. The number of nitrogens with zero attached hydrogens (tertiary/aromatic N) is 1. The number of anilines is 1. The molecule has 1 aromatic heterocycles. The van der Waals surface area contributed by atoms with E-state index in [1.807, 2.05) is 0 Å². The first-order chi connectivity index (χ1) is 8.36. The van der Waals surface area contributed by atoms with Crippen molar-refractivity contribution >= 4 is 27.5 Å². The zero-order valence-electron chi connectivity index (χ0n) is 9.45. The number of aromatic nitrogens is 1. The first-order valence-electron chi connectivity index (χ1n) is 4.88. The Labute approximate surface area is 108 Å². The molecule has 0 aliphatic heterocycles. The predicted octanol–water partition coefficient (Wildman–Crippen LogP) is 1.36. The first-order valence-corrected chi connectivity index (χ1v) is 7.25.